The van der Waals surface area contributed by atoms with Crippen LogP contribution in [0.4, 0.5) is 0 Å². The summed E-state index contributed by atoms with van der Waals surface area (Å²) < 4.78 is 12.2. The van der Waals surface area contributed by atoms with Crippen molar-refractivity contribution in [3.05, 3.63) is 66.3 Å². The highest BCUT2D eigenvalue weighted by molar-refractivity contribution is 7.80. The minimum atomic E-state index is 0.594. The van der Waals surface area contributed by atoms with Gasteiger partial charge < -0.3 is 9.47 Å². The number of benzene rings is 1. The number of ether oxygens (including phenoxy) is 2. The summed E-state index contributed by atoms with van der Waals surface area (Å²) in [6.45, 7) is 11.6. The second-order valence-electron chi connectivity index (χ2n) is 10.9. The Morgan fingerprint density at radius 1 is 0.892 bits per heavy atom. The molecule has 37 heavy (non-hydrogen) atoms. The van der Waals surface area contributed by atoms with Gasteiger partial charge in [0.05, 0.1) is 13.2 Å². The number of allylic oxidation sites excluding steroid dienone is 4. The zero-order valence-corrected chi connectivity index (χ0v) is 24.7. The largest absolute Gasteiger partial charge is 0.493 e. The molecule has 1 unspecified atom stereocenters. The van der Waals surface area contributed by atoms with Gasteiger partial charge in [0.1, 0.15) is 11.5 Å². The number of thiol groups is 2. The van der Waals surface area contributed by atoms with Gasteiger partial charge in [-0.05, 0) is 60.3 Å². The lowest BCUT2D eigenvalue weighted by atomic mass is 9.72. The molecule has 2 aliphatic rings. The van der Waals surface area contributed by atoms with E-state index in [-0.39, 0.29) is 0 Å². The Morgan fingerprint density at radius 2 is 1.51 bits per heavy atom. The molecule has 0 amide bonds. The summed E-state index contributed by atoms with van der Waals surface area (Å²) in [7, 11) is 0. The quantitative estimate of drug-likeness (QED) is 0.124. The summed E-state index contributed by atoms with van der Waals surface area (Å²) in [4.78, 5) is 0. The van der Waals surface area contributed by atoms with Crippen LogP contribution in [0.15, 0.2) is 60.7 Å². The van der Waals surface area contributed by atoms with Crippen LogP contribution >= 0.6 is 25.3 Å². The molecule has 0 saturated heterocycles. The lowest BCUT2D eigenvalue weighted by Gasteiger charge is -2.33. The van der Waals surface area contributed by atoms with Crippen molar-refractivity contribution in [2.75, 3.05) is 24.7 Å². The molecule has 1 aromatic carbocycles. The Kier molecular flexibility index (Phi) is 13.3. The van der Waals surface area contributed by atoms with Gasteiger partial charge in [0.2, 0.25) is 0 Å². The highest BCUT2D eigenvalue weighted by atomic mass is 32.1. The Hall–Kier alpha value is -1.52. The van der Waals surface area contributed by atoms with Crippen molar-refractivity contribution in [3.8, 4) is 11.5 Å². The first-order chi connectivity index (χ1) is 18.0. The first-order valence-corrected chi connectivity index (χ1v) is 15.6. The van der Waals surface area contributed by atoms with Gasteiger partial charge in [-0.2, -0.15) is 25.3 Å². The molecule has 3 rings (SSSR count). The lowest BCUT2D eigenvalue weighted by Crippen LogP contribution is -2.21. The van der Waals surface area contributed by atoms with Crippen molar-refractivity contribution in [3.63, 3.8) is 0 Å². The molecule has 4 heteroatoms. The first kappa shape index (κ1) is 30.0. The third-order valence-corrected chi connectivity index (χ3v) is 8.85. The molecule has 0 N–H and O–H groups in total. The molecule has 2 nitrogen and oxygen atoms in total. The molecule has 1 saturated carbocycles. The normalized spacial score (nSPS) is 21.4. The van der Waals surface area contributed by atoms with Crippen molar-refractivity contribution >= 4 is 30.8 Å². The predicted molar refractivity (Wildman–Crippen MR) is 167 cm³/mol. The third kappa shape index (κ3) is 10.3. The molecule has 0 spiro atoms. The highest BCUT2D eigenvalue weighted by Gasteiger charge is 2.26. The minimum absolute atomic E-state index is 0.594. The maximum Gasteiger partial charge on any atom is 0.123 e. The molecule has 0 radical (unpaired) electrons. The van der Waals surface area contributed by atoms with E-state index in [9.17, 15) is 0 Å². The molecule has 0 aromatic heterocycles. The van der Waals surface area contributed by atoms with Crippen LogP contribution in [0.1, 0.15) is 83.1 Å². The smallest absolute Gasteiger partial charge is 0.123 e. The van der Waals surface area contributed by atoms with Gasteiger partial charge in [0.25, 0.3) is 0 Å². The molecule has 204 valence electrons. The van der Waals surface area contributed by atoms with Crippen molar-refractivity contribution < 1.29 is 9.47 Å². The molecule has 0 heterocycles. The van der Waals surface area contributed by atoms with Crippen LogP contribution in [0.2, 0.25) is 0 Å². The van der Waals surface area contributed by atoms with Gasteiger partial charge in [0.15, 0.2) is 0 Å². The SMILES string of the molecule is C=C(CS)CCOc1cc(OCCC(=C)CS)cc(C2=CCC(C3CCC(CCCCC)CC3)C=C2)c1. The number of hydrogen-bond donors (Lipinski definition) is 2. The second-order valence-corrected chi connectivity index (χ2v) is 11.5. The van der Waals surface area contributed by atoms with Gasteiger partial charge in [-0.1, -0.05) is 88.0 Å². The van der Waals surface area contributed by atoms with E-state index in [4.69, 9.17) is 9.47 Å². The van der Waals surface area contributed by atoms with Crippen molar-refractivity contribution in [1.29, 1.82) is 0 Å². The van der Waals surface area contributed by atoms with E-state index in [1.54, 1.807) is 0 Å². The van der Waals surface area contributed by atoms with Crippen molar-refractivity contribution in [1.82, 2.24) is 0 Å². The van der Waals surface area contributed by atoms with Gasteiger partial charge in [-0.3, -0.25) is 0 Å². The van der Waals surface area contributed by atoms with Crippen LogP contribution in [0.25, 0.3) is 5.57 Å². The lowest BCUT2D eigenvalue weighted by molar-refractivity contribution is 0.219. The van der Waals surface area contributed by atoms with Crippen LogP contribution in [0.3, 0.4) is 0 Å². The molecule has 0 aliphatic heterocycles. The van der Waals surface area contributed by atoms with Gasteiger partial charge in [-0.25, -0.2) is 0 Å². The number of rotatable bonds is 16. The average Bonchev–Trinajstić information content (AvgIpc) is 2.93. The fraction of sp³-hybridized carbons (Fsp3) is 0.576. The van der Waals surface area contributed by atoms with E-state index in [1.807, 2.05) is 6.07 Å². The van der Waals surface area contributed by atoms with E-state index in [0.29, 0.717) is 30.6 Å². The topological polar surface area (TPSA) is 18.5 Å². The van der Waals surface area contributed by atoms with E-state index in [0.717, 1.165) is 59.3 Å². The predicted octanol–water partition coefficient (Wildman–Crippen LogP) is 9.54. The highest BCUT2D eigenvalue weighted by Crippen LogP contribution is 2.40. The van der Waals surface area contributed by atoms with Gasteiger partial charge in [-0.15, -0.1) is 0 Å². The molecule has 1 aromatic rings. The van der Waals surface area contributed by atoms with Crippen molar-refractivity contribution in [2.45, 2.75) is 77.6 Å². The van der Waals surface area contributed by atoms with Crippen LogP contribution < -0.4 is 9.47 Å². The van der Waals surface area contributed by atoms with Gasteiger partial charge in [0, 0.05) is 30.4 Å². The summed E-state index contributed by atoms with van der Waals surface area (Å²) in [5, 5.41) is 0. The Labute approximate surface area is 237 Å². The summed E-state index contributed by atoms with van der Waals surface area (Å²) in [5.74, 6) is 5.53. The van der Waals surface area contributed by atoms with Crippen LogP contribution in [-0.4, -0.2) is 24.7 Å². The molecule has 1 atom stereocenters. The second kappa shape index (κ2) is 16.4. The standard InChI is InChI=1S/C33H48O2S2/c1-4-5-6-7-27-8-10-28(11-9-27)29-12-14-30(15-13-29)31-20-32(34-18-16-25(2)23-36)22-33(21-31)35-19-17-26(3)24-37/h12,14-15,20-22,27-29,36-37H,2-11,13,16-19,23-24H2,1H3. The Bertz CT molecular complexity index is 884. The van der Waals surface area contributed by atoms with Crippen LogP contribution in [0.5, 0.6) is 11.5 Å². The minimum Gasteiger partial charge on any atom is -0.493 e. The molecular weight excluding hydrogens is 492 g/mol. The fourth-order valence-electron chi connectivity index (χ4n) is 5.48. The zero-order valence-electron chi connectivity index (χ0n) is 22.9. The van der Waals surface area contributed by atoms with Crippen LogP contribution in [-0.2, 0) is 0 Å². The molecular formula is C33H48O2S2. The van der Waals surface area contributed by atoms with Crippen molar-refractivity contribution in [2.24, 2.45) is 17.8 Å². The monoisotopic (exact) mass is 540 g/mol. The Balaban J connectivity index is 1.61. The maximum absolute atomic E-state index is 6.10. The van der Waals surface area contributed by atoms with E-state index in [1.165, 1.54) is 56.9 Å². The van der Waals surface area contributed by atoms with E-state index in [2.05, 4.69) is 75.7 Å². The van der Waals surface area contributed by atoms with Crippen LogP contribution in [0, 0.1) is 17.8 Å². The summed E-state index contributed by atoms with van der Waals surface area (Å²) >= 11 is 8.61. The zero-order chi connectivity index (χ0) is 26.5. The van der Waals surface area contributed by atoms with E-state index >= 15 is 0 Å². The molecule has 1 fully saturated rings. The summed E-state index contributed by atoms with van der Waals surface area (Å²) in [6.07, 6.45) is 21.2. The third-order valence-electron chi connectivity index (χ3n) is 7.96. The van der Waals surface area contributed by atoms with Gasteiger partial charge >= 0.3 is 0 Å². The fourth-order valence-corrected chi connectivity index (χ4v) is 5.79. The average molecular weight is 541 g/mol. The van der Waals surface area contributed by atoms with E-state index < -0.39 is 0 Å². The first-order valence-electron chi connectivity index (χ1n) is 14.4. The number of unbranched alkanes of at least 4 members (excludes halogenated alkanes) is 2. The molecule has 2 aliphatic carbocycles. The maximum atomic E-state index is 6.10. The molecule has 0 bridgehead atoms. The Morgan fingerprint density at radius 3 is 2.03 bits per heavy atom. The summed E-state index contributed by atoms with van der Waals surface area (Å²) in [6, 6.07) is 6.27. The summed E-state index contributed by atoms with van der Waals surface area (Å²) in [5.41, 5.74) is 4.59. The number of hydrogen-bond acceptors (Lipinski definition) is 4.